The number of hydrogen-bond donors (Lipinski definition) is 4. The number of methoxy groups -OCH3 is 1. The van der Waals surface area contributed by atoms with Crippen molar-refractivity contribution in [3.05, 3.63) is 105 Å². The van der Waals surface area contributed by atoms with Gasteiger partial charge in [-0.05, 0) is 65.7 Å². The maximum atomic E-state index is 14.0. The van der Waals surface area contributed by atoms with Crippen LogP contribution >= 0.6 is 11.6 Å². The van der Waals surface area contributed by atoms with Gasteiger partial charge in [0.15, 0.2) is 11.5 Å². The summed E-state index contributed by atoms with van der Waals surface area (Å²) in [6, 6.07) is 12.3. The number of ether oxygens (including phenoxy) is 2. The predicted molar refractivity (Wildman–Crippen MR) is 157 cm³/mol. The van der Waals surface area contributed by atoms with Crippen molar-refractivity contribution in [3.63, 3.8) is 0 Å². The zero-order valence-corrected chi connectivity index (χ0v) is 24.7. The van der Waals surface area contributed by atoms with Crippen molar-refractivity contribution in [2.45, 2.75) is 43.5 Å². The van der Waals surface area contributed by atoms with E-state index in [4.69, 9.17) is 21.1 Å². The molecule has 3 aromatic rings. The van der Waals surface area contributed by atoms with Crippen LogP contribution in [0.5, 0.6) is 11.5 Å². The van der Waals surface area contributed by atoms with E-state index in [-0.39, 0.29) is 48.9 Å². The molecule has 4 N–H and O–H groups in total. The van der Waals surface area contributed by atoms with E-state index in [0.717, 1.165) is 24.3 Å². The average Bonchev–Trinajstić information content (AvgIpc) is 3.42. The minimum Gasteiger partial charge on any atom is -0.493 e. The number of fused-ring (bicyclic) bond motifs is 3. The first-order valence-corrected chi connectivity index (χ1v) is 14.3. The molecule has 13 heteroatoms. The van der Waals surface area contributed by atoms with Crippen LogP contribution in [0.4, 0.5) is 13.2 Å². The van der Waals surface area contributed by atoms with Crippen LogP contribution in [-0.2, 0) is 24.1 Å². The molecule has 0 unspecified atom stereocenters. The number of amides is 2. The summed E-state index contributed by atoms with van der Waals surface area (Å²) in [5, 5.41) is 34.1. The monoisotopic (exact) mass is 646 g/mol. The van der Waals surface area contributed by atoms with E-state index in [0.29, 0.717) is 21.7 Å². The Kier molecular flexibility index (Phi) is 9.40. The van der Waals surface area contributed by atoms with Crippen LogP contribution in [0.3, 0.4) is 0 Å². The van der Waals surface area contributed by atoms with E-state index in [1.165, 1.54) is 18.1 Å². The van der Waals surface area contributed by atoms with E-state index in [9.17, 15) is 38.1 Å². The van der Waals surface area contributed by atoms with E-state index in [1.54, 1.807) is 36.4 Å². The molecule has 0 radical (unpaired) electrons. The first-order chi connectivity index (χ1) is 21.5. The molecule has 0 spiro atoms. The number of hydrogen-bond acceptors (Lipinski definition) is 7. The normalized spacial score (nSPS) is 20.4. The van der Waals surface area contributed by atoms with E-state index in [2.05, 4.69) is 5.32 Å². The van der Waals surface area contributed by atoms with Gasteiger partial charge in [0.05, 0.1) is 37.8 Å². The van der Waals surface area contributed by atoms with Crippen LogP contribution < -0.4 is 14.8 Å². The van der Waals surface area contributed by atoms with Gasteiger partial charge in [-0.15, -0.1) is 0 Å². The zero-order chi connectivity index (χ0) is 32.5. The minimum absolute atomic E-state index is 0.0733. The topological polar surface area (TPSA) is 129 Å². The third kappa shape index (κ3) is 6.50. The third-order valence-corrected chi connectivity index (χ3v) is 8.09. The van der Waals surface area contributed by atoms with Crippen molar-refractivity contribution in [3.8, 4) is 11.5 Å². The largest absolute Gasteiger partial charge is 0.493 e. The van der Waals surface area contributed by atoms with Gasteiger partial charge in [0.2, 0.25) is 5.91 Å². The summed E-state index contributed by atoms with van der Waals surface area (Å²) < 4.78 is 51.4. The molecule has 3 aromatic carbocycles. The molecule has 0 saturated carbocycles. The Morgan fingerprint density at radius 1 is 1.04 bits per heavy atom. The van der Waals surface area contributed by atoms with Crippen molar-refractivity contribution in [1.82, 2.24) is 10.2 Å². The number of nitrogens with one attached hydrogen (secondary N) is 1. The lowest BCUT2D eigenvalue weighted by Gasteiger charge is -2.40. The highest BCUT2D eigenvalue weighted by atomic mass is 35.5. The molecule has 0 saturated heterocycles. The molecule has 2 amide bonds. The van der Waals surface area contributed by atoms with Gasteiger partial charge in [-0.2, -0.15) is 13.2 Å². The number of halogens is 4. The van der Waals surface area contributed by atoms with Crippen LogP contribution in [-0.4, -0.2) is 70.5 Å². The van der Waals surface area contributed by atoms with Gasteiger partial charge in [-0.1, -0.05) is 23.7 Å². The lowest BCUT2D eigenvalue weighted by atomic mass is 9.77. The standard InChI is InChI=1S/C32H30ClF3N2O7/c1-44-25-13-18(16-40)12-22-26-23(30(42)37-10-11-39)14-24(27(41)29(26)45-28(22)25)38(15-17-2-8-21(33)9-3-17)31(43)19-4-6-20(7-5-19)32(34,35)36/h2-9,12-14,24,26-27,29,39-41H,10-11,15-16H2,1H3,(H,37,42)/t24-,26+,27+,29+/m1/s1. The Labute approximate surface area is 261 Å². The molecule has 5 rings (SSSR count). The molecule has 1 aliphatic heterocycles. The van der Waals surface area contributed by atoms with Crippen molar-refractivity contribution in [1.29, 1.82) is 0 Å². The summed E-state index contributed by atoms with van der Waals surface area (Å²) in [6.45, 7) is -0.862. The first-order valence-electron chi connectivity index (χ1n) is 14.0. The molecule has 238 valence electrons. The molecule has 9 nitrogen and oxygen atoms in total. The van der Waals surface area contributed by atoms with E-state index < -0.39 is 47.7 Å². The fraction of sp³-hybridized carbons (Fsp3) is 0.312. The van der Waals surface area contributed by atoms with Gasteiger partial charge in [-0.3, -0.25) is 9.59 Å². The Balaban J connectivity index is 1.62. The van der Waals surface area contributed by atoms with Crippen LogP contribution in [0.25, 0.3) is 0 Å². The number of benzene rings is 3. The smallest absolute Gasteiger partial charge is 0.416 e. The third-order valence-electron chi connectivity index (χ3n) is 7.84. The SMILES string of the molecule is COc1cc(CO)cc2c1O[C@@H]1[C@@H](O)[C@H](N(Cc3ccc(Cl)cc3)C(=O)c3ccc(C(F)(F)F)cc3)C=C(C(=O)NCCO)[C@H]21. The summed E-state index contributed by atoms with van der Waals surface area (Å²) in [4.78, 5) is 28.8. The van der Waals surface area contributed by atoms with E-state index >= 15 is 0 Å². The second kappa shape index (κ2) is 13.1. The van der Waals surface area contributed by atoms with Crippen molar-refractivity contribution in [2.24, 2.45) is 0 Å². The average molecular weight is 647 g/mol. The molecule has 1 aliphatic carbocycles. The second-order valence-electron chi connectivity index (χ2n) is 10.7. The molecular formula is C32H30ClF3N2O7. The molecule has 1 heterocycles. The van der Waals surface area contributed by atoms with Gasteiger partial charge in [0.1, 0.15) is 12.2 Å². The molecular weight excluding hydrogens is 617 g/mol. The summed E-state index contributed by atoms with van der Waals surface area (Å²) >= 11 is 6.05. The van der Waals surface area contributed by atoms with Crippen molar-refractivity contribution in [2.75, 3.05) is 20.3 Å². The Bertz CT molecular complexity index is 1600. The first kappa shape index (κ1) is 32.3. The van der Waals surface area contributed by atoms with Crippen molar-refractivity contribution >= 4 is 23.4 Å². The number of rotatable bonds is 9. The molecule has 0 fully saturated rings. The number of aliphatic hydroxyl groups is 3. The fourth-order valence-electron chi connectivity index (χ4n) is 5.69. The fourth-order valence-corrected chi connectivity index (χ4v) is 5.81. The van der Waals surface area contributed by atoms with Crippen LogP contribution in [0, 0.1) is 0 Å². The highest BCUT2D eigenvalue weighted by molar-refractivity contribution is 6.30. The Morgan fingerprint density at radius 2 is 1.73 bits per heavy atom. The van der Waals surface area contributed by atoms with E-state index in [1.807, 2.05) is 0 Å². The zero-order valence-electron chi connectivity index (χ0n) is 23.9. The number of alkyl halides is 3. The van der Waals surface area contributed by atoms with Gasteiger partial charge in [0.25, 0.3) is 5.91 Å². The Hall–Kier alpha value is -4.10. The lowest BCUT2D eigenvalue weighted by Crippen LogP contribution is -2.55. The maximum Gasteiger partial charge on any atom is 0.416 e. The van der Waals surface area contributed by atoms with Gasteiger partial charge in [0, 0.05) is 34.8 Å². The summed E-state index contributed by atoms with van der Waals surface area (Å²) in [5.74, 6) is -1.62. The quantitative estimate of drug-likeness (QED) is 0.278. The van der Waals surface area contributed by atoms with Gasteiger partial charge < -0.3 is 35.0 Å². The second-order valence-corrected chi connectivity index (χ2v) is 11.1. The Morgan fingerprint density at radius 3 is 2.33 bits per heavy atom. The summed E-state index contributed by atoms with van der Waals surface area (Å²) in [6.07, 6.45) is -5.69. The summed E-state index contributed by atoms with van der Waals surface area (Å²) in [7, 11) is 1.41. The summed E-state index contributed by atoms with van der Waals surface area (Å²) in [5.41, 5.74) is 0.670. The molecule has 4 atom stereocenters. The number of aliphatic hydroxyl groups excluding tert-OH is 3. The molecule has 2 aliphatic rings. The van der Waals surface area contributed by atoms with Crippen LogP contribution in [0.2, 0.25) is 5.02 Å². The van der Waals surface area contributed by atoms with Crippen LogP contribution in [0.15, 0.2) is 72.3 Å². The minimum atomic E-state index is -4.61. The van der Waals surface area contributed by atoms with Gasteiger partial charge in [-0.25, -0.2) is 0 Å². The highest BCUT2D eigenvalue weighted by Crippen LogP contribution is 2.51. The van der Waals surface area contributed by atoms with Crippen molar-refractivity contribution < 1.29 is 47.6 Å². The van der Waals surface area contributed by atoms with Gasteiger partial charge >= 0.3 is 6.18 Å². The molecule has 0 bridgehead atoms. The number of carbonyl (C=O) groups excluding carboxylic acids is 2. The predicted octanol–water partition coefficient (Wildman–Crippen LogP) is 3.82. The number of carbonyl (C=O) groups is 2. The lowest BCUT2D eigenvalue weighted by molar-refractivity contribution is -0.137. The highest BCUT2D eigenvalue weighted by Gasteiger charge is 2.51. The van der Waals surface area contributed by atoms with Crippen LogP contribution in [0.1, 0.15) is 38.5 Å². The molecule has 0 aromatic heterocycles. The molecule has 45 heavy (non-hydrogen) atoms. The number of nitrogens with zero attached hydrogens (tertiary/aromatic N) is 1. The maximum absolute atomic E-state index is 14.0.